The molecule has 2 aromatic carbocycles. The Bertz CT molecular complexity index is 972. The van der Waals surface area contributed by atoms with E-state index in [1.165, 1.54) is 6.07 Å². The number of hydrogen-bond donors (Lipinski definition) is 0. The Morgan fingerprint density at radius 3 is 2.75 bits per heavy atom. The van der Waals surface area contributed by atoms with E-state index < -0.39 is 11.6 Å². The normalized spacial score (nSPS) is 10.7. The van der Waals surface area contributed by atoms with Crippen molar-refractivity contribution in [2.45, 2.75) is 26.6 Å². The number of hydrogen-bond acceptors (Lipinski definition) is 3. The minimum Gasteiger partial charge on any atom is -0.486 e. The van der Waals surface area contributed by atoms with Gasteiger partial charge in [-0.15, -0.1) is 0 Å². The van der Waals surface area contributed by atoms with Crippen molar-refractivity contribution in [2.75, 3.05) is 7.05 Å². The molecule has 0 unspecified atom stereocenters. The maximum absolute atomic E-state index is 13.7. The maximum Gasteiger partial charge on any atom is 0.253 e. The number of nitrogens with zero attached hydrogens (tertiary/aromatic N) is 3. The van der Waals surface area contributed by atoms with Crippen molar-refractivity contribution in [1.82, 2.24) is 14.7 Å². The van der Waals surface area contributed by atoms with Crippen LogP contribution in [-0.4, -0.2) is 27.6 Å². The number of benzene rings is 2. The van der Waals surface area contributed by atoms with E-state index in [0.717, 1.165) is 24.4 Å². The van der Waals surface area contributed by atoms with Crippen LogP contribution in [0.15, 0.2) is 54.7 Å². The van der Waals surface area contributed by atoms with Gasteiger partial charge in [0.15, 0.2) is 11.6 Å². The van der Waals surface area contributed by atoms with Crippen LogP contribution in [0.1, 0.15) is 28.5 Å². The van der Waals surface area contributed by atoms with Crippen LogP contribution in [0.25, 0.3) is 0 Å². The highest BCUT2D eigenvalue weighted by Gasteiger charge is 2.14. The minimum atomic E-state index is -0.764. The third-order valence-corrected chi connectivity index (χ3v) is 4.31. The highest BCUT2D eigenvalue weighted by molar-refractivity contribution is 5.94. The lowest BCUT2D eigenvalue weighted by molar-refractivity contribution is 0.0781. The fraction of sp³-hybridized carbons (Fsp3) is 0.238. The Morgan fingerprint density at radius 1 is 1.18 bits per heavy atom. The number of carbonyl (C=O) groups excluding carboxylic acids is 1. The quantitative estimate of drug-likeness (QED) is 0.617. The summed E-state index contributed by atoms with van der Waals surface area (Å²) in [5, 5.41) is 4.21. The van der Waals surface area contributed by atoms with E-state index in [4.69, 9.17) is 4.74 Å². The Balaban J connectivity index is 1.67. The number of aromatic nitrogens is 2. The van der Waals surface area contributed by atoms with Crippen LogP contribution in [0.2, 0.25) is 0 Å². The van der Waals surface area contributed by atoms with E-state index in [2.05, 4.69) is 5.10 Å². The molecule has 3 aromatic rings. The lowest BCUT2D eigenvalue weighted by Gasteiger charge is -2.18. The van der Waals surface area contributed by atoms with Gasteiger partial charge in [0.2, 0.25) is 0 Å². The number of amides is 1. The van der Waals surface area contributed by atoms with E-state index in [0.29, 0.717) is 17.7 Å². The molecule has 0 saturated heterocycles. The number of aryl methyl sites for hydroxylation is 1. The topological polar surface area (TPSA) is 47.4 Å². The average Bonchev–Trinajstić information content (AvgIpc) is 3.14. The molecule has 0 aliphatic carbocycles. The molecule has 0 bridgehead atoms. The van der Waals surface area contributed by atoms with Gasteiger partial charge in [-0.05, 0) is 42.8 Å². The molecule has 0 radical (unpaired) electrons. The molecule has 1 amide bonds. The zero-order valence-electron chi connectivity index (χ0n) is 15.7. The fourth-order valence-corrected chi connectivity index (χ4v) is 2.86. The van der Waals surface area contributed by atoms with E-state index >= 15 is 0 Å². The van der Waals surface area contributed by atoms with Crippen molar-refractivity contribution in [3.05, 3.63) is 83.2 Å². The van der Waals surface area contributed by atoms with Crippen molar-refractivity contribution in [3.63, 3.8) is 0 Å². The second-order valence-electron chi connectivity index (χ2n) is 6.36. The lowest BCUT2D eigenvalue weighted by Crippen LogP contribution is -2.27. The molecule has 0 aliphatic rings. The van der Waals surface area contributed by atoms with Gasteiger partial charge in [-0.3, -0.25) is 9.48 Å². The summed E-state index contributed by atoms with van der Waals surface area (Å²) < 4.78 is 33.9. The largest absolute Gasteiger partial charge is 0.486 e. The van der Waals surface area contributed by atoms with Gasteiger partial charge >= 0.3 is 0 Å². The molecule has 7 heteroatoms. The highest BCUT2D eigenvalue weighted by Crippen LogP contribution is 2.19. The van der Waals surface area contributed by atoms with Crippen LogP contribution < -0.4 is 4.74 Å². The number of carbonyl (C=O) groups is 1. The molecule has 0 atom stereocenters. The zero-order valence-corrected chi connectivity index (χ0v) is 15.7. The van der Waals surface area contributed by atoms with Gasteiger partial charge in [0, 0.05) is 31.4 Å². The van der Waals surface area contributed by atoms with Crippen LogP contribution in [0.5, 0.6) is 5.75 Å². The first-order chi connectivity index (χ1) is 13.5. The second-order valence-corrected chi connectivity index (χ2v) is 6.36. The summed E-state index contributed by atoms with van der Waals surface area (Å²) in [5.74, 6) is -1.61. The third-order valence-electron chi connectivity index (χ3n) is 4.31. The van der Waals surface area contributed by atoms with Crippen molar-refractivity contribution in [3.8, 4) is 5.75 Å². The Hall–Kier alpha value is -3.22. The summed E-state index contributed by atoms with van der Waals surface area (Å²) in [6.07, 6.45) is 1.71. The summed E-state index contributed by atoms with van der Waals surface area (Å²) in [5.41, 5.74) is 2.16. The molecular weight excluding hydrogens is 364 g/mol. The summed E-state index contributed by atoms with van der Waals surface area (Å²) in [4.78, 5) is 14.4. The molecule has 3 rings (SSSR count). The molecule has 0 spiro atoms. The second kappa shape index (κ2) is 8.65. The molecule has 0 N–H and O–H groups in total. The van der Waals surface area contributed by atoms with Gasteiger partial charge in [-0.25, -0.2) is 8.78 Å². The van der Waals surface area contributed by atoms with Gasteiger partial charge in [0.05, 0.1) is 12.2 Å². The molecule has 0 fully saturated rings. The lowest BCUT2D eigenvalue weighted by atomic mass is 10.1. The van der Waals surface area contributed by atoms with Crippen LogP contribution in [0.3, 0.4) is 0 Å². The summed E-state index contributed by atoms with van der Waals surface area (Å²) in [6, 6.07) is 12.0. The molecule has 5 nitrogen and oxygen atoms in total. The summed E-state index contributed by atoms with van der Waals surface area (Å²) in [7, 11) is 1.73. The van der Waals surface area contributed by atoms with E-state index in [1.54, 1.807) is 42.4 Å². The van der Waals surface area contributed by atoms with Gasteiger partial charge in [-0.2, -0.15) is 5.10 Å². The average molecular weight is 385 g/mol. The third kappa shape index (κ3) is 4.54. The first kappa shape index (κ1) is 19.5. The Morgan fingerprint density at radius 2 is 2.00 bits per heavy atom. The highest BCUT2D eigenvalue weighted by atomic mass is 19.1. The van der Waals surface area contributed by atoms with E-state index in [9.17, 15) is 13.6 Å². The zero-order chi connectivity index (χ0) is 20.1. The van der Waals surface area contributed by atoms with Crippen molar-refractivity contribution < 1.29 is 18.3 Å². The molecular formula is C21H21F2N3O2. The van der Waals surface area contributed by atoms with Crippen LogP contribution >= 0.6 is 0 Å². The standard InChI is InChI=1S/C21H21F2N3O2/c1-3-26-18(9-10-24-26)13-25(2)21(27)16-6-4-5-15(11-16)14-28-20-8-7-17(22)12-19(20)23/h4-12H,3,13-14H2,1-2H3. The van der Waals surface area contributed by atoms with E-state index in [-0.39, 0.29) is 18.3 Å². The first-order valence-corrected chi connectivity index (χ1v) is 8.91. The van der Waals surface area contributed by atoms with Gasteiger partial charge in [-0.1, -0.05) is 12.1 Å². The van der Waals surface area contributed by atoms with Crippen LogP contribution in [0, 0.1) is 11.6 Å². The molecule has 1 heterocycles. The number of rotatable bonds is 7. The number of halogens is 2. The number of ether oxygens (including phenoxy) is 1. The van der Waals surface area contributed by atoms with Crippen molar-refractivity contribution >= 4 is 5.91 Å². The predicted octanol–water partition coefficient (Wildman–Crippen LogP) is 4.03. The van der Waals surface area contributed by atoms with E-state index in [1.807, 2.05) is 17.7 Å². The molecule has 0 saturated carbocycles. The molecule has 28 heavy (non-hydrogen) atoms. The first-order valence-electron chi connectivity index (χ1n) is 8.91. The van der Waals surface area contributed by atoms with Gasteiger partial charge in [0.25, 0.3) is 5.91 Å². The summed E-state index contributed by atoms with van der Waals surface area (Å²) >= 11 is 0. The molecule has 1 aromatic heterocycles. The van der Waals surface area contributed by atoms with Gasteiger partial charge < -0.3 is 9.64 Å². The van der Waals surface area contributed by atoms with Crippen molar-refractivity contribution in [1.29, 1.82) is 0 Å². The predicted molar refractivity (Wildman–Crippen MR) is 101 cm³/mol. The van der Waals surface area contributed by atoms with Crippen molar-refractivity contribution in [2.24, 2.45) is 0 Å². The maximum atomic E-state index is 13.7. The van der Waals surface area contributed by atoms with Crippen LogP contribution in [0.4, 0.5) is 8.78 Å². The minimum absolute atomic E-state index is 0.0388. The van der Waals surface area contributed by atoms with Crippen LogP contribution in [-0.2, 0) is 19.7 Å². The Labute approximate surface area is 162 Å². The molecule has 0 aliphatic heterocycles. The Kier molecular flexibility index (Phi) is 6.03. The monoisotopic (exact) mass is 385 g/mol. The summed E-state index contributed by atoms with van der Waals surface area (Å²) in [6.45, 7) is 3.23. The van der Waals surface area contributed by atoms with Gasteiger partial charge in [0.1, 0.15) is 12.4 Å². The fourth-order valence-electron chi connectivity index (χ4n) is 2.86. The molecule has 146 valence electrons. The smallest absolute Gasteiger partial charge is 0.253 e. The SMILES string of the molecule is CCn1nccc1CN(C)C(=O)c1cccc(COc2ccc(F)cc2F)c1.